The lowest BCUT2D eigenvalue weighted by Crippen LogP contribution is -2.62. The largest absolute Gasteiger partial charge is 0.411 e. The Labute approximate surface area is 142 Å². The normalized spacial score (nSPS) is 52.8. The van der Waals surface area contributed by atoms with Gasteiger partial charge in [0.2, 0.25) is 0 Å². The van der Waals surface area contributed by atoms with Crippen LogP contribution in [0.2, 0.25) is 0 Å². The van der Waals surface area contributed by atoms with E-state index >= 15 is 0 Å². The van der Waals surface area contributed by atoms with Crippen LogP contribution in [0.1, 0.15) is 58.8 Å². The van der Waals surface area contributed by atoms with Gasteiger partial charge >= 0.3 is 0 Å². The highest BCUT2D eigenvalue weighted by atomic mass is 16.4. The Bertz CT molecular complexity index is 629. The number of carbonyl (C=O) groups is 2. The van der Waals surface area contributed by atoms with Crippen LogP contribution in [-0.4, -0.2) is 33.7 Å². The molecule has 4 rings (SSSR count). The van der Waals surface area contributed by atoms with Crippen LogP contribution in [0, 0.1) is 34.5 Å². The highest BCUT2D eigenvalue weighted by Crippen LogP contribution is 2.64. The molecule has 24 heavy (non-hydrogen) atoms. The number of aliphatic hydroxyl groups is 1. The molecule has 0 radical (unpaired) electrons. The molecule has 0 spiro atoms. The minimum atomic E-state index is -0.834. The molecule has 0 aromatic carbocycles. The standard InChI is InChI=1S/C19H27NO4/c1-18-7-5-10(21)9-13(18)16(20-24)17(23)15-11-3-4-14(22)19(11,2)8-6-12(15)18/h11-13,15,17,23-24H,3-9H2,1-2H3/b20-16-/t11-,12+,13?,15-,17?,18+,19-/m0/s1. The van der Waals surface area contributed by atoms with Crippen LogP contribution in [0.3, 0.4) is 0 Å². The number of fused-ring (bicyclic) bond motifs is 5. The van der Waals surface area contributed by atoms with Gasteiger partial charge in [0.25, 0.3) is 0 Å². The van der Waals surface area contributed by atoms with Crippen molar-refractivity contribution < 1.29 is 19.9 Å². The summed E-state index contributed by atoms with van der Waals surface area (Å²) in [5, 5.41) is 24.1. The summed E-state index contributed by atoms with van der Waals surface area (Å²) in [7, 11) is 0. The molecule has 132 valence electrons. The topological polar surface area (TPSA) is 87.0 Å². The summed E-state index contributed by atoms with van der Waals surface area (Å²) in [6, 6.07) is 0. The van der Waals surface area contributed by atoms with Crippen LogP contribution in [0.5, 0.6) is 0 Å². The first kappa shape index (κ1) is 16.2. The first-order valence-corrected chi connectivity index (χ1v) is 9.28. The van der Waals surface area contributed by atoms with E-state index in [9.17, 15) is 19.9 Å². The summed E-state index contributed by atoms with van der Waals surface area (Å²) in [4.78, 5) is 24.5. The van der Waals surface area contributed by atoms with E-state index in [4.69, 9.17) is 0 Å². The molecule has 0 amide bonds. The number of ketones is 2. The quantitative estimate of drug-likeness (QED) is 0.527. The molecule has 5 nitrogen and oxygen atoms in total. The Morgan fingerprint density at radius 3 is 2.54 bits per heavy atom. The Kier molecular flexibility index (Phi) is 3.48. The number of rotatable bonds is 0. The van der Waals surface area contributed by atoms with Crippen LogP contribution >= 0.6 is 0 Å². The minimum absolute atomic E-state index is 0.0319. The molecule has 7 atom stereocenters. The maximum absolute atomic E-state index is 12.5. The van der Waals surface area contributed by atoms with Crippen molar-refractivity contribution in [1.82, 2.24) is 0 Å². The fourth-order valence-electron chi connectivity index (χ4n) is 6.74. The minimum Gasteiger partial charge on any atom is -0.411 e. The molecule has 0 aliphatic heterocycles. The average molecular weight is 333 g/mol. The average Bonchev–Trinajstić information content (AvgIpc) is 2.85. The first-order chi connectivity index (χ1) is 11.3. The third kappa shape index (κ3) is 1.88. The Morgan fingerprint density at radius 1 is 1.08 bits per heavy atom. The maximum atomic E-state index is 12.5. The predicted molar refractivity (Wildman–Crippen MR) is 87.7 cm³/mol. The molecule has 0 bridgehead atoms. The number of carbonyl (C=O) groups excluding carboxylic acids is 2. The van der Waals surface area contributed by atoms with Crippen LogP contribution in [0.15, 0.2) is 5.16 Å². The van der Waals surface area contributed by atoms with Gasteiger partial charge in [-0.2, -0.15) is 0 Å². The molecule has 2 unspecified atom stereocenters. The second-order valence-electron chi connectivity index (χ2n) is 8.98. The van der Waals surface area contributed by atoms with E-state index in [1.165, 1.54) is 0 Å². The van der Waals surface area contributed by atoms with Gasteiger partial charge in [0.05, 0.1) is 11.8 Å². The Balaban J connectivity index is 1.79. The zero-order valence-corrected chi connectivity index (χ0v) is 14.5. The maximum Gasteiger partial charge on any atom is 0.139 e. The number of nitrogens with zero attached hydrogens (tertiary/aromatic N) is 1. The van der Waals surface area contributed by atoms with Gasteiger partial charge in [0.15, 0.2) is 0 Å². The summed E-state index contributed by atoms with van der Waals surface area (Å²) < 4.78 is 0. The summed E-state index contributed by atoms with van der Waals surface area (Å²) >= 11 is 0. The number of hydrogen-bond acceptors (Lipinski definition) is 5. The van der Waals surface area contributed by atoms with Crippen molar-refractivity contribution in [1.29, 1.82) is 0 Å². The van der Waals surface area contributed by atoms with Gasteiger partial charge in [-0.25, -0.2) is 0 Å². The molecule has 4 aliphatic rings. The summed E-state index contributed by atoms with van der Waals surface area (Å²) in [6.07, 6.45) is 4.13. The zero-order chi connectivity index (χ0) is 17.3. The molecule has 4 fully saturated rings. The van der Waals surface area contributed by atoms with E-state index in [-0.39, 0.29) is 34.4 Å². The molecular weight excluding hydrogens is 306 g/mol. The van der Waals surface area contributed by atoms with E-state index in [2.05, 4.69) is 19.0 Å². The van der Waals surface area contributed by atoms with E-state index in [1.807, 2.05) is 0 Å². The van der Waals surface area contributed by atoms with Crippen LogP contribution in [0.25, 0.3) is 0 Å². The molecule has 0 saturated heterocycles. The third-order valence-electron chi connectivity index (χ3n) is 8.20. The van der Waals surface area contributed by atoms with Crippen LogP contribution in [-0.2, 0) is 9.59 Å². The highest BCUT2D eigenvalue weighted by molar-refractivity contribution is 5.97. The number of hydrogen-bond donors (Lipinski definition) is 2. The van der Waals surface area contributed by atoms with Crippen LogP contribution in [0.4, 0.5) is 0 Å². The van der Waals surface area contributed by atoms with Gasteiger partial charge in [-0.05, 0) is 48.9 Å². The monoisotopic (exact) mass is 333 g/mol. The van der Waals surface area contributed by atoms with Crippen molar-refractivity contribution in [2.75, 3.05) is 0 Å². The summed E-state index contributed by atoms with van der Waals surface area (Å²) in [5.41, 5.74) is -0.0710. The summed E-state index contributed by atoms with van der Waals surface area (Å²) in [6.45, 7) is 4.27. The second-order valence-corrected chi connectivity index (χ2v) is 8.98. The van der Waals surface area contributed by atoms with Gasteiger partial charge in [-0.15, -0.1) is 0 Å². The van der Waals surface area contributed by atoms with Crippen molar-refractivity contribution in [3.63, 3.8) is 0 Å². The third-order valence-corrected chi connectivity index (χ3v) is 8.20. The molecule has 4 aliphatic carbocycles. The number of oxime groups is 1. The van der Waals surface area contributed by atoms with E-state index < -0.39 is 6.10 Å². The first-order valence-electron chi connectivity index (χ1n) is 9.28. The lowest BCUT2D eigenvalue weighted by atomic mass is 9.44. The lowest BCUT2D eigenvalue weighted by molar-refractivity contribution is -0.143. The van der Waals surface area contributed by atoms with E-state index in [0.29, 0.717) is 36.7 Å². The highest BCUT2D eigenvalue weighted by Gasteiger charge is 2.64. The van der Waals surface area contributed by atoms with E-state index in [0.717, 1.165) is 25.7 Å². The molecule has 4 saturated carbocycles. The van der Waals surface area contributed by atoms with Crippen LogP contribution < -0.4 is 0 Å². The zero-order valence-electron chi connectivity index (χ0n) is 14.5. The van der Waals surface area contributed by atoms with Gasteiger partial charge in [0.1, 0.15) is 11.6 Å². The molecule has 0 aromatic rings. The van der Waals surface area contributed by atoms with Gasteiger partial charge in [0, 0.05) is 30.6 Å². The van der Waals surface area contributed by atoms with E-state index in [1.54, 1.807) is 0 Å². The fraction of sp³-hybridized carbons (Fsp3) is 0.842. The molecule has 0 heterocycles. The smallest absolute Gasteiger partial charge is 0.139 e. The Morgan fingerprint density at radius 2 is 1.83 bits per heavy atom. The number of Topliss-reactive ketones (excluding diaryl/α,β-unsaturated/α-hetero) is 2. The Hall–Kier alpha value is -1.23. The van der Waals surface area contributed by atoms with Crippen molar-refractivity contribution in [2.24, 2.45) is 39.7 Å². The number of aliphatic hydroxyl groups excluding tert-OH is 1. The van der Waals surface area contributed by atoms with Crippen molar-refractivity contribution >= 4 is 17.3 Å². The second kappa shape index (κ2) is 5.13. The lowest BCUT2D eigenvalue weighted by Gasteiger charge is -2.60. The van der Waals surface area contributed by atoms with Crippen molar-refractivity contribution in [3.05, 3.63) is 0 Å². The molecular formula is C19H27NO4. The molecule has 0 aromatic heterocycles. The molecule has 2 N–H and O–H groups in total. The predicted octanol–water partition coefficient (Wildman–Crippen LogP) is 2.58. The molecule has 5 heteroatoms. The SMILES string of the molecule is C[C@]12CCC(=O)CC1/C(=N/O)C(O)[C@@H]1[C@H]2CC[C@]2(C)C(=O)CC[C@@H]12. The van der Waals surface area contributed by atoms with Crippen molar-refractivity contribution in [3.8, 4) is 0 Å². The van der Waals surface area contributed by atoms with Gasteiger partial charge in [-0.1, -0.05) is 19.0 Å². The van der Waals surface area contributed by atoms with Crippen molar-refractivity contribution in [2.45, 2.75) is 64.9 Å². The van der Waals surface area contributed by atoms with Gasteiger partial charge < -0.3 is 10.3 Å². The summed E-state index contributed by atoms with van der Waals surface area (Å²) in [5.74, 6) is 0.774. The van der Waals surface area contributed by atoms with Gasteiger partial charge in [-0.3, -0.25) is 9.59 Å². The fourth-order valence-corrected chi connectivity index (χ4v) is 6.74.